The normalized spacial score (nSPS) is 11.1. The van der Waals surface area contributed by atoms with Crippen molar-refractivity contribution in [3.05, 3.63) is 59.2 Å². The minimum absolute atomic E-state index is 0.00108. The molecule has 0 atom stereocenters. The maximum absolute atomic E-state index is 13.2. The lowest BCUT2D eigenvalue weighted by Gasteiger charge is -2.09. The molecule has 0 radical (unpaired) electrons. The topological polar surface area (TPSA) is 84.0 Å². The first-order chi connectivity index (χ1) is 9.83. The van der Waals surface area contributed by atoms with Gasteiger partial charge in [-0.1, -0.05) is 0 Å². The molecule has 0 saturated heterocycles. The molecule has 7 heteroatoms. The van der Waals surface area contributed by atoms with Crippen molar-refractivity contribution in [3.63, 3.8) is 0 Å². The van der Waals surface area contributed by atoms with Gasteiger partial charge in [0.25, 0.3) is 0 Å². The Morgan fingerprint density at radius 1 is 1.10 bits per heavy atom. The van der Waals surface area contributed by atoms with Gasteiger partial charge < -0.3 is 5.73 Å². The van der Waals surface area contributed by atoms with Crippen LogP contribution in [0.5, 0.6) is 0 Å². The van der Waals surface area contributed by atoms with E-state index in [0.29, 0.717) is 0 Å². The summed E-state index contributed by atoms with van der Waals surface area (Å²) in [7, 11) is -4.00. The zero-order valence-electron chi connectivity index (χ0n) is 10.7. The monoisotopic (exact) mass is 308 g/mol. The summed E-state index contributed by atoms with van der Waals surface area (Å²) in [6.45, 7) is 0. The minimum atomic E-state index is -4.00. The molecule has 0 fully saturated rings. The number of hydrogen-bond acceptors (Lipinski definition) is 4. The summed E-state index contributed by atoms with van der Waals surface area (Å²) in [5, 5.41) is 8.92. The number of benzene rings is 2. The van der Waals surface area contributed by atoms with E-state index in [1.807, 2.05) is 0 Å². The molecule has 0 saturated carbocycles. The van der Waals surface area contributed by atoms with Gasteiger partial charge in [0.1, 0.15) is 11.6 Å². The Hall–Kier alpha value is -2.46. The van der Waals surface area contributed by atoms with Crippen LogP contribution in [0.3, 0.4) is 0 Å². The number of hydrogen-bond donors (Lipinski definition) is 1. The minimum Gasteiger partial charge on any atom is -0.398 e. The van der Waals surface area contributed by atoms with E-state index in [0.717, 1.165) is 30.3 Å². The predicted molar refractivity (Wildman–Crippen MR) is 72.8 cm³/mol. The smallest absolute Gasteiger partial charge is 0.184 e. The Balaban J connectivity index is 2.50. The fourth-order valence-electron chi connectivity index (χ4n) is 1.85. The van der Waals surface area contributed by atoms with E-state index in [2.05, 4.69) is 0 Å². The van der Waals surface area contributed by atoms with Crippen molar-refractivity contribution in [2.24, 2.45) is 0 Å². The highest BCUT2D eigenvalue weighted by atomic mass is 32.2. The summed E-state index contributed by atoms with van der Waals surface area (Å²) >= 11 is 0. The first-order valence-corrected chi connectivity index (χ1v) is 7.45. The first kappa shape index (κ1) is 14.9. The lowest BCUT2D eigenvalue weighted by atomic mass is 10.1. The fourth-order valence-corrected chi connectivity index (χ4v) is 3.37. The van der Waals surface area contributed by atoms with Crippen LogP contribution in [0.25, 0.3) is 0 Å². The largest absolute Gasteiger partial charge is 0.398 e. The van der Waals surface area contributed by atoms with Gasteiger partial charge in [-0.2, -0.15) is 5.26 Å². The number of rotatable bonds is 3. The van der Waals surface area contributed by atoms with Crippen molar-refractivity contribution in [1.29, 1.82) is 5.26 Å². The third kappa shape index (κ3) is 3.17. The maximum atomic E-state index is 13.2. The van der Waals surface area contributed by atoms with Crippen LogP contribution in [0.4, 0.5) is 14.5 Å². The Morgan fingerprint density at radius 3 is 2.38 bits per heavy atom. The van der Waals surface area contributed by atoms with E-state index < -0.39 is 27.2 Å². The number of halogens is 2. The SMILES string of the molecule is N#Cc1ccc(F)cc1CS(=O)(=O)c1cc(F)ccc1N. The summed E-state index contributed by atoms with van der Waals surface area (Å²) in [5.41, 5.74) is 5.48. The van der Waals surface area contributed by atoms with Gasteiger partial charge in [0, 0.05) is 0 Å². The molecule has 2 aromatic carbocycles. The van der Waals surface area contributed by atoms with Gasteiger partial charge >= 0.3 is 0 Å². The van der Waals surface area contributed by atoms with E-state index in [4.69, 9.17) is 11.0 Å². The molecule has 108 valence electrons. The molecule has 0 aliphatic heterocycles. The summed E-state index contributed by atoms with van der Waals surface area (Å²) < 4.78 is 51.0. The third-order valence-corrected chi connectivity index (χ3v) is 4.56. The van der Waals surface area contributed by atoms with Crippen LogP contribution >= 0.6 is 0 Å². The number of nitrogens with two attached hydrogens (primary N) is 1. The van der Waals surface area contributed by atoms with Crippen LogP contribution in [0.1, 0.15) is 11.1 Å². The fraction of sp³-hybridized carbons (Fsp3) is 0.0714. The summed E-state index contributed by atoms with van der Waals surface area (Å²) in [6.07, 6.45) is 0. The van der Waals surface area contributed by atoms with Crippen molar-refractivity contribution in [2.75, 3.05) is 5.73 Å². The number of sulfone groups is 1. The Kier molecular flexibility index (Phi) is 3.91. The molecule has 2 N–H and O–H groups in total. The van der Waals surface area contributed by atoms with Crippen LogP contribution in [0.15, 0.2) is 41.3 Å². The molecule has 21 heavy (non-hydrogen) atoms. The molecule has 0 amide bonds. The Bertz CT molecular complexity index is 843. The number of nitrogen functional groups attached to an aromatic ring is 1. The highest BCUT2D eigenvalue weighted by Gasteiger charge is 2.21. The van der Waals surface area contributed by atoms with Crippen molar-refractivity contribution < 1.29 is 17.2 Å². The van der Waals surface area contributed by atoms with Crippen LogP contribution in [-0.2, 0) is 15.6 Å². The molecule has 0 aliphatic rings. The van der Waals surface area contributed by atoms with Crippen molar-refractivity contribution in [3.8, 4) is 6.07 Å². The van der Waals surface area contributed by atoms with E-state index in [1.54, 1.807) is 6.07 Å². The number of anilines is 1. The lowest BCUT2D eigenvalue weighted by Crippen LogP contribution is -2.09. The molecule has 0 aliphatic carbocycles. The average molecular weight is 308 g/mol. The van der Waals surface area contributed by atoms with Gasteiger partial charge in [-0.25, -0.2) is 17.2 Å². The Labute approximate surface area is 120 Å². The van der Waals surface area contributed by atoms with Gasteiger partial charge in [-0.3, -0.25) is 0 Å². The van der Waals surface area contributed by atoms with Gasteiger partial charge in [-0.05, 0) is 42.0 Å². The van der Waals surface area contributed by atoms with Crippen molar-refractivity contribution in [1.82, 2.24) is 0 Å². The highest BCUT2D eigenvalue weighted by molar-refractivity contribution is 7.90. The van der Waals surface area contributed by atoms with Gasteiger partial charge in [-0.15, -0.1) is 0 Å². The molecular formula is C14H10F2N2O2S. The molecule has 0 unspecified atom stereocenters. The predicted octanol–water partition coefficient (Wildman–Crippen LogP) is 2.39. The zero-order chi connectivity index (χ0) is 15.6. The van der Waals surface area contributed by atoms with Crippen LogP contribution in [0, 0.1) is 23.0 Å². The van der Waals surface area contributed by atoms with Crippen LogP contribution in [0.2, 0.25) is 0 Å². The van der Waals surface area contributed by atoms with E-state index in [-0.39, 0.29) is 21.7 Å². The number of nitrogens with zero attached hydrogens (tertiary/aromatic N) is 1. The second-order valence-corrected chi connectivity index (χ2v) is 6.31. The average Bonchev–Trinajstić information content (AvgIpc) is 2.41. The molecular weight excluding hydrogens is 298 g/mol. The molecule has 2 rings (SSSR count). The van der Waals surface area contributed by atoms with Gasteiger partial charge in [0.2, 0.25) is 0 Å². The second-order valence-electron chi connectivity index (χ2n) is 4.35. The molecule has 0 aromatic heterocycles. The first-order valence-electron chi connectivity index (χ1n) is 5.80. The van der Waals surface area contributed by atoms with Crippen LogP contribution < -0.4 is 5.73 Å². The highest BCUT2D eigenvalue weighted by Crippen LogP contribution is 2.25. The Morgan fingerprint density at radius 2 is 1.71 bits per heavy atom. The summed E-state index contributed by atoms with van der Waals surface area (Å²) in [4.78, 5) is -0.379. The van der Waals surface area contributed by atoms with Crippen molar-refractivity contribution >= 4 is 15.5 Å². The quantitative estimate of drug-likeness (QED) is 0.882. The lowest BCUT2D eigenvalue weighted by molar-refractivity contribution is 0.590. The van der Waals surface area contributed by atoms with E-state index >= 15 is 0 Å². The molecule has 4 nitrogen and oxygen atoms in total. The second kappa shape index (κ2) is 5.50. The molecule has 0 bridgehead atoms. The number of nitriles is 1. The molecule has 2 aromatic rings. The standard InChI is InChI=1S/C14H10F2N2O2S/c15-11-2-1-9(7-17)10(5-11)8-21(19,20)14-6-12(16)3-4-13(14)18/h1-6H,8,18H2. The van der Waals surface area contributed by atoms with E-state index in [9.17, 15) is 17.2 Å². The summed E-state index contributed by atoms with van der Waals surface area (Å²) in [5.74, 6) is -2.05. The zero-order valence-corrected chi connectivity index (χ0v) is 11.5. The molecule has 0 spiro atoms. The van der Waals surface area contributed by atoms with E-state index in [1.165, 1.54) is 6.07 Å². The molecule has 0 heterocycles. The third-order valence-electron chi connectivity index (χ3n) is 2.84. The van der Waals surface area contributed by atoms with Gasteiger partial charge in [0.05, 0.1) is 28.0 Å². The van der Waals surface area contributed by atoms with Gasteiger partial charge in [0.15, 0.2) is 9.84 Å². The van der Waals surface area contributed by atoms with Crippen LogP contribution in [-0.4, -0.2) is 8.42 Å². The van der Waals surface area contributed by atoms with Crippen molar-refractivity contribution in [2.45, 2.75) is 10.6 Å². The summed E-state index contributed by atoms with van der Waals surface area (Å²) in [6, 6.07) is 7.98. The maximum Gasteiger partial charge on any atom is 0.184 e.